The van der Waals surface area contributed by atoms with Gasteiger partial charge in [0, 0.05) is 6.07 Å². The van der Waals surface area contributed by atoms with Crippen molar-refractivity contribution in [3.05, 3.63) is 18.2 Å². The lowest BCUT2D eigenvalue weighted by molar-refractivity contribution is 0.356. The molecule has 0 aliphatic heterocycles. The van der Waals surface area contributed by atoms with Gasteiger partial charge in [-0.3, -0.25) is 0 Å². The number of hydrogen-bond donors (Lipinski definition) is 2. The van der Waals surface area contributed by atoms with Gasteiger partial charge in [-0.2, -0.15) is 4.98 Å². The number of nitrogens with one attached hydrogen (secondary N) is 1. The van der Waals surface area contributed by atoms with E-state index in [1.165, 1.54) is 0 Å². The van der Waals surface area contributed by atoms with Crippen LogP contribution in [0, 0.1) is 12.3 Å². The number of anilines is 1. The monoisotopic (exact) mass is 163 g/mol. The van der Waals surface area contributed by atoms with Crippen LogP contribution in [0.1, 0.15) is 0 Å². The van der Waals surface area contributed by atoms with Crippen molar-refractivity contribution in [2.45, 2.75) is 0 Å². The maximum absolute atomic E-state index is 5.14. The molecule has 62 valence electrons. The van der Waals surface area contributed by atoms with E-state index in [1.807, 2.05) is 0 Å². The van der Waals surface area contributed by atoms with Gasteiger partial charge in [0.2, 0.25) is 5.88 Å². The Morgan fingerprint density at radius 3 is 3.17 bits per heavy atom. The molecule has 1 aromatic rings. The highest BCUT2D eigenvalue weighted by molar-refractivity contribution is 5.35. The Kier molecular flexibility index (Phi) is 2.94. The molecule has 0 saturated heterocycles. The highest BCUT2D eigenvalue weighted by Gasteiger charge is 1.94. The second-order valence-electron chi connectivity index (χ2n) is 2.00. The molecule has 0 amide bonds. The normalized spacial score (nSPS) is 8.67. The molecule has 0 radical (unpaired) electrons. The topological polar surface area (TPSA) is 60.2 Å². The van der Waals surface area contributed by atoms with Crippen LogP contribution in [0.2, 0.25) is 0 Å². The third kappa shape index (κ3) is 2.15. The molecule has 4 heteroatoms. The maximum Gasteiger partial charge on any atom is 0.216 e. The number of aromatic nitrogens is 1. The molecular formula is C8H9N3O. The molecule has 1 rings (SSSR count). The van der Waals surface area contributed by atoms with Gasteiger partial charge >= 0.3 is 0 Å². The van der Waals surface area contributed by atoms with E-state index in [2.05, 4.69) is 16.3 Å². The Balaban J connectivity index is 2.67. The maximum atomic E-state index is 5.14. The van der Waals surface area contributed by atoms with E-state index < -0.39 is 0 Å². The number of nitrogen functional groups attached to an aromatic ring is 1. The first-order valence-electron chi connectivity index (χ1n) is 3.36. The molecular weight excluding hydrogens is 154 g/mol. The first-order chi connectivity index (χ1) is 5.86. The van der Waals surface area contributed by atoms with Crippen molar-refractivity contribution in [1.82, 2.24) is 4.98 Å². The highest BCUT2D eigenvalue weighted by atomic mass is 16.5. The zero-order chi connectivity index (χ0) is 8.81. The van der Waals surface area contributed by atoms with Gasteiger partial charge in [0.05, 0.1) is 0 Å². The lowest BCUT2D eigenvalue weighted by Crippen LogP contribution is -2.08. The average molecular weight is 163 g/mol. The predicted molar refractivity (Wildman–Crippen MR) is 46.4 cm³/mol. The summed E-state index contributed by atoms with van der Waals surface area (Å²) in [4.78, 5) is 3.97. The predicted octanol–water partition coefficient (Wildman–Crippen LogP) is 0.379. The second-order valence-corrected chi connectivity index (χ2v) is 2.00. The van der Waals surface area contributed by atoms with Crippen molar-refractivity contribution in [2.75, 3.05) is 12.0 Å². The summed E-state index contributed by atoms with van der Waals surface area (Å²) in [5, 5.41) is 0. The van der Waals surface area contributed by atoms with Gasteiger partial charge in [-0.1, -0.05) is 12.0 Å². The number of nitrogens with two attached hydrogens (primary N) is 1. The molecule has 0 unspecified atom stereocenters. The lowest BCUT2D eigenvalue weighted by Gasteiger charge is -2.02. The minimum atomic E-state index is 0.209. The quantitative estimate of drug-likeness (QED) is 0.384. The molecule has 0 atom stereocenters. The zero-order valence-electron chi connectivity index (χ0n) is 6.45. The van der Waals surface area contributed by atoms with Crippen molar-refractivity contribution in [3.63, 3.8) is 0 Å². The van der Waals surface area contributed by atoms with Gasteiger partial charge in [-0.25, -0.2) is 5.84 Å². The summed E-state index contributed by atoms with van der Waals surface area (Å²) < 4.78 is 5.05. The van der Waals surface area contributed by atoms with Crippen LogP contribution >= 0.6 is 0 Å². The summed E-state index contributed by atoms with van der Waals surface area (Å²) in [5.74, 6) is 8.49. The van der Waals surface area contributed by atoms with Crippen LogP contribution in [-0.4, -0.2) is 11.6 Å². The fraction of sp³-hybridized carbons (Fsp3) is 0.125. The van der Waals surface area contributed by atoms with E-state index in [1.54, 1.807) is 18.2 Å². The summed E-state index contributed by atoms with van der Waals surface area (Å²) in [6.07, 6.45) is 5.00. The Morgan fingerprint density at radius 1 is 1.67 bits per heavy atom. The molecule has 1 aromatic heterocycles. The molecule has 0 bridgehead atoms. The molecule has 4 nitrogen and oxygen atoms in total. The van der Waals surface area contributed by atoms with Crippen LogP contribution in [0.15, 0.2) is 18.2 Å². The van der Waals surface area contributed by atoms with Gasteiger partial charge in [0.1, 0.15) is 5.82 Å². The van der Waals surface area contributed by atoms with Crippen molar-refractivity contribution >= 4 is 5.82 Å². The van der Waals surface area contributed by atoms with Crippen molar-refractivity contribution in [3.8, 4) is 18.2 Å². The van der Waals surface area contributed by atoms with Crippen LogP contribution in [0.25, 0.3) is 0 Å². The summed E-state index contributed by atoms with van der Waals surface area (Å²) >= 11 is 0. The number of hydrogen-bond acceptors (Lipinski definition) is 4. The van der Waals surface area contributed by atoms with E-state index in [4.69, 9.17) is 17.0 Å². The standard InChI is InChI=1S/C8H9N3O/c1-2-6-12-8-5-3-4-7(10-8)11-9/h1,3-5H,6,9H2,(H,10,11). The van der Waals surface area contributed by atoms with E-state index in [-0.39, 0.29) is 6.61 Å². The molecule has 0 aliphatic carbocycles. The van der Waals surface area contributed by atoms with Crippen LogP contribution in [-0.2, 0) is 0 Å². The zero-order valence-corrected chi connectivity index (χ0v) is 6.45. The smallest absolute Gasteiger partial charge is 0.216 e. The SMILES string of the molecule is C#CCOc1cccc(NN)n1. The first kappa shape index (κ1) is 8.37. The second kappa shape index (κ2) is 4.21. The minimum absolute atomic E-state index is 0.209. The molecule has 0 aromatic carbocycles. The molecule has 0 fully saturated rings. The number of rotatable bonds is 3. The van der Waals surface area contributed by atoms with Gasteiger partial charge in [-0.15, -0.1) is 6.42 Å². The summed E-state index contributed by atoms with van der Waals surface area (Å²) in [5.41, 5.74) is 2.40. The van der Waals surface area contributed by atoms with Crippen molar-refractivity contribution < 1.29 is 4.74 Å². The minimum Gasteiger partial charge on any atom is -0.464 e. The third-order valence-electron chi connectivity index (χ3n) is 1.17. The largest absolute Gasteiger partial charge is 0.464 e. The number of terminal acetylenes is 1. The van der Waals surface area contributed by atoms with Gasteiger partial charge in [0.15, 0.2) is 6.61 Å². The molecule has 1 heterocycles. The Morgan fingerprint density at radius 2 is 2.50 bits per heavy atom. The number of ether oxygens (including phenoxy) is 1. The molecule has 0 aliphatic rings. The van der Waals surface area contributed by atoms with E-state index >= 15 is 0 Å². The van der Waals surface area contributed by atoms with Crippen LogP contribution < -0.4 is 16.0 Å². The molecule has 0 saturated carbocycles. The van der Waals surface area contributed by atoms with Crippen LogP contribution in [0.5, 0.6) is 5.88 Å². The molecule has 12 heavy (non-hydrogen) atoms. The Labute approximate surface area is 70.7 Å². The fourth-order valence-corrected chi connectivity index (χ4v) is 0.691. The highest BCUT2D eigenvalue weighted by Crippen LogP contribution is 2.09. The third-order valence-corrected chi connectivity index (χ3v) is 1.17. The first-order valence-corrected chi connectivity index (χ1v) is 3.36. The van der Waals surface area contributed by atoms with Crippen molar-refractivity contribution in [1.29, 1.82) is 0 Å². The number of nitrogens with zero attached hydrogens (tertiary/aromatic N) is 1. The van der Waals surface area contributed by atoms with Gasteiger partial charge < -0.3 is 10.2 Å². The van der Waals surface area contributed by atoms with Crippen molar-refractivity contribution in [2.24, 2.45) is 5.84 Å². The summed E-state index contributed by atoms with van der Waals surface area (Å²) in [6.45, 7) is 0.209. The average Bonchev–Trinajstić information content (AvgIpc) is 2.15. The van der Waals surface area contributed by atoms with Crippen LogP contribution in [0.3, 0.4) is 0 Å². The summed E-state index contributed by atoms with van der Waals surface area (Å²) in [6, 6.07) is 5.20. The fourth-order valence-electron chi connectivity index (χ4n) is 0.691. The molecule has 0 spiro atoms. The Bertz CT molecular complexity index is 293. The number of hydrazine groups is 1. The summed E-state index contributed by atoms with van der Waals surface area (Å²) in [7, 11) is 0. The number of pyridine rings is 1. The van der Waals surface area contributed by atoms with Gasteiger partial charge in [0.25, 0.3) is 0 Å². The molecule has 3 N–H and O–H groups in total. The van der Waals surface area contributed by atoms with E-state index in [0.29, 0.717) is 11.7 Å². The Hall–Kier alpha value is -1.73. The van der Waals surface area contributed by atoms with E-state index in [0.717, 1.165) is 0 Å². The van der Waals surface area contributed by atoms with Crippen LogP contribution in [0.4, 0.5) is 5.82 Å². The lowest BCUT2D eigenvalue weighted by atomic mass is 10.4. The van der Waals surface area contributed by atoms with E-state index in [9.17, 15) is 0 Å². The van der Waals surface area contributed by atoms with Gasteiger partial charge in [-0.05, 0) is 6.07 Å².